The summed E-state index contributed by atoms with van der Waals surface area (Å²) in [6.45, 7) is 5.06. The minimum atomic E-state index is -4.44. The van der Waals surface area contributed by atoms with Crippen LogP contribution >= 0.6 is 11.6 Å². The molecule has 2 atom stereocenters. The van der Waals surface area contributed by atoms with Crippen molar-refractivity contribution in [3.8, 4) is 0 Å². The number of benzene rings is 2. The van der Waals surface area contributed by atoms with Gasteiger partial charge in [0.15, 0.2) is 0 Å². The normalized spacial score (nSPS) is 12.8. The average Bonchev–Trinajstić information content (AvgIpc) is 2.74. The molecule has 0 saturated heterocycles. The first-order valence-electron chi connectivity index (χ1n) is 10.4. The lowest BCUT2D eigenvalue weighted by atomic mass is 10.00. The number of nitrogens with one attached hydrogen (secondary N) is 1. The number of halogens is 4. The van der Waals surface area contributed by atoms with E-state index >= 15 is 0 Å². The first-order valence-corrected chi connectivity index (χ1v) is 10.8. The van der Waals surface area contributed by atoms with Crippen LogP contribution in [0.25, 0.3) is 0 Å². The minimum Gasteiger partial charge on any atom is -0.481 e. The molecule has 8 heteroatoms. The second-order valence-electron chi connectivity index (χ2n) is 7.50. The van der Waals surface area contributed by atoms with Gasteiger partial charge in [0.1, 0.15) is 0 Å². The van der Waals surface area contributed by atoms with Crippen molar-refractivity contribution in [2.45, 2.75) is 52.6 Å². The molecule has 2 N–H and O–H groups in total. The lowest BCUT2D eigenvalue weighted by Gasteiger charge is -2.18. The fourth-order valence-corrected chi connectivity index (χ4v) is 3.03. The number of carbonyl (C=O) groups is 2. The molecule has 2 aromatic rings. The monoisotopic (exact) mass is 471 g/mol. The maximum Gasteiger partial charge on any atom is 0.392 e. The summed E-state index contributed by atoms with van der Waals surface area (Å²) in [5.41, 5.74) is 2.20. The topological polar surface area (TPSA) is 66.4 Å². The summed E-state index contributed by atoms with van der Waals surface area (Å²) in [5.74, 6) is -4.10. The van der Waals surface area contributed by atoms with Gasteiger partial charge < -0.3 is 10.4 Å². The number of amides is 1. The minimum absolute atomic E-state index is 0.175. The van der Waals surface area contributed by atoms with Crippen molar-refractivity contribution >= 4 is 29.2 Å². The lowest BCUT2D eigenvalue weighted by Crippen LogP contribution is -2.27. The summed E-state index contributed by atoms with van der Waals surface area (Å²) in [5, 5.41) is 11.5. The average molecular weight is 472 g/mol. The Hall–Kier alpha value is -2.54. The summed E-state index contributed by atoms with van der Waals surface area (Å²) in [6, 6.07) is 15.0. The van der Waals surface area contributed by atoms with Crippen LogP contribution in [-0.2, 0) is 22.4 Å². The SMILES string of the molecule is CCC(CC(=O)Nc1cc(C[C@@H](C)C(=O)O)ccc1Cl)C(F)(F)F.CCc1ccccc1. The van der Waals surface area contributed by atoms with Gasteiger partial charge in [0.2, 0.25) is 5.91 Å². The van der Waals surface area contributed by atoms with Crippen molar-refractivity contribution in [2.24, 2.45) is 11.8 Å². The summed E-state index contributed by atoms with van der Waals surface area (Å²) < 4.78 is 38.2. The Bertz CT molecular complexity index is 873. The molecule has 0 spiro atoms. The number of carboxylic acid groups (broad SMARTS) is 1. The van der Waals surface area contributed by atoms with Crippen molar-refractivity contribution in [3.63, 3.8) is 0 Å². The molecule has 0 fully saturated rings. The number of alkyl halides is 3. The highest BCUT2D eigenvalue weighted by Gasteiger charge is 2.39. The molecule has 0 heterocycles. The second kappa shape index (κ2) is 13.1. The Morgan fingerprint density at radius 3 is 2.16 bits per heavy atom. The molecule has 4 nitrogen and oxygen atoms in total. The molecule has 176 valence electrons. The van der Waals surface area contributed by atoms with Gasteiger partial charge in [0.05, 0.1) is 22.5 Å². The van der Waals surface area contributed by atoms with Crippen molar-refractivity contribution in [2.75, 3.05) is 5.32 Å². The van der Waals surface area contributed by atoms with Gasteiger partial charge in [-0.05, 0) is 42.5 Å². The number of aliphatic carboxylic acids is 1. The van der Waals surface area contributed by atoms with Gasteiger partial charge in [-0.15, -0.1) is 0 Å². The maximum atomic E-state index is 12.7. The standard InChI is InChI=1S/C16H19ClF3NO3.C8H10/c1-3-11(16(18,19)20)8-14(22)21-13-7-10(4-5-12(13)17)6-9(2)15(23)24;1-2-8-6-4-3-5-7-8/h4-5,7,9,11H,3,6,8H2,1-2H3,(H,21,22)(H,23,24);3-7H,2H2,1H3/t9-,11?;/m1./s1. The molecule has 0 aromatic heterocycles. The fraction of sp³-hybridized carbons (Fsp3) is 0.417. The fourth-order valence-electron chi connectivity index (χ4n) is 2.87. The number of anilines is 1. The Balaban J connectivity index is 0.000000533. The predicted octanol–water partition coefficient (Wildman–Crippen LogP) is 6.77. The van der Waals surface area contributed by atoms with E-state index in [2.05, 4.69) is 36.5 Å². The maximum absolute atomic E-state index is 12.7. The molecule has 2 rings (SSSR count). The van der Waals surface area contributed by atoms with Crippen LogP contribution in [0.1, 0.15) is 44.7 Å². The molecule has 0 aliphatic rings. The molecule has 1 amide bonds. The number of carboxylic acids is 1. The summed E-state index contributed by atoms with van der Waals surface area (Å²) in [6.07, 6.45) is -3.96. The second-order valence-corrected chi connectivity index (χ2v) is 7.90. The molecule has 0 aliphatic heterocycles. The van der Waals surface area contributed by atoms with Gasteiger partial charge in [-0.2, -0.15) is 13.2 Å². The Labute approximate surface area is 191 Å². The zero-order valence-corrected chi connectivity index (χ0v) is 19.1. The van der Waals surface area contributed by atoms with E-state index in [1.165, 1.54) is 31.5 Å². The Kier molecular flexibility index (Phi) is 11.3. The van der Waals surface area contributed by atoms with Crippen LogP contribution in [0.3, 0.4) is 0 Å². The van der Waals surface area contributed by atoms with Gasteiger partial charge >= 0.3 is 12.1 Å². The third-order valence-electron chi connectivity index (χ3n) is 4.91. The third-order valence-corrected chi connectivity index (χ3v) is 5.24. The van der Waals surface area contributed by atoms with Crippen molar-refractivity contribution < 1.29 is 27.9 Å². The molecule has 0 saturated carbocycles. The van der Waals surface area contributed by atoms with E-state index in [9.17, 15) is 22.8 Å². The number of hydrogen-bond donors (Lipinski definition) is 2. The smallest absolute Gasteiger partial charge is 0.392 e. The summed E-state index contributed by atoms with van der Waals surface area (Å²) in [4.78, 5) is 22.7. The van der Waals surface area contributed by atoms with E-state index in [-0.39, 0.29) is 23.6 Å². The molecule has 0 radical (unpaired) electrons. The van der Waals surface area contributed by atoms with Crippen molar-refractivity contribution in [3.05, 3.63) is 64.7 Å². The molecule has 0 aliphatic carbocycles. The zero-order valence-electron chi connectivity index (χ0n) is 18.4. The molecule has 0 bridgehead atoms. The predicted molar refractivity (Wildman–Crippen MR) is 121 cm³/mol. The Morgan fingerprint density at radius 1 is 1.06 bits per heavy atom. The molecule has 1 unspecified atom stereocenters. The van der Waals surface area contributed by atoms with Crippen LogP contribution in [0.15, 0.2) is 48.5 Å². The van der Waals surface area contributed by atoms with Gasteiger partial charge in [-0.1, -0.05) is 68.8 Å². The molecular formula is C24H29ClF3NO3. The summed E-state index contributed by atoms with van der Waals surface area (Å²) >= 11 is 5.95. The Morgan fingerprint density at radius 2 is 1.69 bits per heavy atom. The van der Waals surface area contributed by atoms with E-state index in [0.717, 1.165) is 6.42 Å². The zero-order chi connectivity index (χ0) is 24.3. The van der Waals surface area contributed by atoms with Crippen LogP contribution < -0.4 is 5.32 Å². The van der Waals surface area contributed by atoms with Crippen LogP contribution in [0.4, 0.5) is 18.9 Å². The van der Waals surface area contributed by atoms with Gasteiger partial charge in [0.25, 0.3) is 0 Å². The molecule has 2 aromatic carbocycles. The van der Waals surface area contributed by atoms with Gasteiger partial charge in [-0.25, -0.2) is 0 Å². The highest BCUT2D eigenvalue weighted by molar-refractivity contribution is 6.33. The lowest BCUT2D eigenvalue weighted by molar-refractivity contribution is -0.178. The quantitative estimate of drug-likeness (QED) is 0.446. The van der Waals surface area contributed by atoms with E-state index < -0.39 is 36.3 Å². The van der Waals surface area contributed by atoms with E-state index in [1.807, 2.05) is 6.07 Å². The van der Waals surface area contributed by atoms with Crippen LogP contribution in [-0.4, -0.2) is 23.2 Å². The van der Waals surface area contributed by atoms with Crippen molar-refractivity contribution in [1.82, 2.24) is 0 Å². The number of aryl methyl sites for hydroxylation is 1. The van der Waals surface area contributed by atoms with Crippen molar-refractivity contribution in [1.29, 1.82) is 0 Å². The van der Waals surface area contributed by atoms with E-state index in [0.29, 0.717) is 5.56 Å². The van der Waals surface area contributed by atoms with Crippen LogP contribution in [0.2, 0.25) is 5.02 Å². The van der Waals surface area contributed by atoms with Gasteiger partial charge in [-0.3, -0.25) is 9.59 Å². The number of rotatable bonds is 8. The van der Waals surface area contributed by atoms with Crippen LogP contribution in [0.5, 0.6) is 0 Å². The molecule has 32 heavy (non-hydrogen) atoms. The number of hydrogen-bond acceptors (Lipinski definition) is 2. The van der Waals surface area contributed by atoms with E-state index in [4.69, 9.17) is 16.7 Å². The highest BCUT2D eigenvalue weighted by Crippen LogP contribution is 2.32. The van der Waals surface area contributed by atoms with Crippen LogP contribution in [0, 0.1) is 11.8 Å². The highest BCUT2D eigenvalue weighted by atomic mass is 35.5. The number of carbonyl (C=O) groups excluding carboxylic acids is 1. The molecular weight excluding hydrogens is 443 g/mol. The first-order chi connectivity index (χ1) is 15.0. The third kappa shape index (κ3) is 9.73. The van der Waals surface area contributed by atoms with E-state index in [1.54, 1.807) is 6.07 Å². The van der Waals surface area contributed by atoms with Gasteiger partial charge in [0, 0.05) is 6.42 Å². The summed E-state index contributed by atoms with van der Waals surface area (Å²) in [7, 11) is 0. The largest absolute Gasteiger partial charge is 0.481 e. The first kappa shape index (κ1) is 27.5.